The predicted molar refractivity (Wildman–Crippen MR) is 82.7 cm³/mol. The van der Waals surface area contributed by atoms with E-state index in [9.17, 15) is 4.79 Å². The molecule has 2 aliphatic rings. The number of fused-ring (bicyclic) bond motifs is 1. The number of aryl methyl sites for hydroxylation is 1. The first-order chi connectivity index (χ1) is 9.89. The second kappa shape index (κ2) is 5.00. The van der Waals surface area contributed by atoms with Crippen LogP contribution in [0.1, 0.15) is 39.9 Å². The molecule has 0 spiro atoms. The molecule has 1 amide bonds. The van der Waals surface area contributed by atoms with Gasteiger partial charge in [-0.25, -0.2) is 4.98 Å². The maximum Gasteiger partial charge on any atom is 0.224 e. The van der Waals surface area contributed by atoms with Crippen LogP contribution in [0.15, 0.2) is 24.0 Å². The number of carbonyl (C=O) groups excluding carboxylic acids is 1. The van der Waals surface area contributed by atoms with Crippen molar-refractivity contribution in [1.29, 1.82) is 0 Å². The molecule has 1 aromatic rings. The highest BCUT2D eigenvalue weighted by atomic mass is 16.2. The Labute approximate surface area is 126 Å². The van der Waals surface area contributed by atoms with Gasteiger partial charge in [-0.3, -0.25) is 4.79 Å². The van der Waals surface area contributed by atoms with Gasteiger partial charge in [-0.1, -0.05) is 25.5 Å². The first-order valence-electron chi connectivity index (χ1n) is 7.85. The Hall–Kier alpha value is -1.58. The van der Waals surface area contributed by atoms with E-state index in [-0.39, 0.29) is 23.3 Å². The number of hydrogen-bond acceptors (Lipinski definition) is 2. The number of aromatic nitrogens is 2. The highest BCUT2D eigenvalue weighted by molar-refractivity contribution is 5.84. The third-order valence-corrected chi connectivity index (χ3v) is 4.99. The van der Waals surface area contributed by atoms with Crippen molar-refractivity contribution < 1.29 is 4.79 Å². The quantitative estimate of drug-likeness (QED) is 0.869. The average molecular weight is 287 g/mol. The Morgan fingerprint density at radius 3 is 2.95 bits per heavy atom. The van der Waals surface area contributed by atoms with E-state index in [1.807, 2.05) is 12.4 Å². The first-order valence-corrected chi connectivity index (χ1v) is 7.85. The molecule has 3 atom stereocenters. The smallest absolute Gasteiger partial charge is 0.224 e. The van der Waals surface area contributed by atoms with E-state index in [2.05, 4.69) is 48.6 Å². The number of nitrogens with one attached hydrogen (secondary N) is 1. The van der Waals surface area contributed by atoms with E-state index in [4.69, 9.17) is 0 Å². The van der Waals surface area contributed by atoms with Crippen LogP contribution in [0.4, 0.5) is 0 Å². The van der Waals surface area contributed by atoms with Gasteiger partial charge < -0.3 is 9.88 Å². The lowest BCUT2D eigenvalue weighted by Gasteiger charge is -2.25. The normalized spacial score (nSPS) is 29.4. The standard InChI is InChI=1S/C17H25N3O/c1-11(2)9-13-15(17(13,3)4)16(21)19-12-5-6-14-18-7-8-20(14)10-12/h7-9,12-13,15H,5-6,10H2,1-4H3,(H,19,21)/t12-,13+,15-/m0/s1. The number of allylic oxidation sites excluding steroid dienone is 2. The fourth-order valence-electron chi connectivity index (χ4n) is 3.62. The zero-order valence-corrected chi connectivity index (χ0v) is 13.4. The van der Waals surface area contributed by atoms with Crippen LogP contribution >= 0.6 is 0 Å². The predicted octanol–water partition coefficient (Wildman–Crippen LogP) is 2.55. The summed E-state index contributed by atoms with van der Waals surface area (Å²) in [5.74, 6) is 1.86. The van der Waals surface area contributed by atoms with E-state index in [1.54, 1.807) is 0 Å². The summed E-state index contributed by atoms with van der Waals surface area (Å²) in [6, 6.07) is 0.239. The number of amides is 1. The Kier molecular flexibility index (Phi) is 3.42. The molecule has 1 saturated carbocycles. The Morgan fingerprint density at radius 1 is 1.48 bits per heavy atom. The highest BCUT2D eigenvalue weighted by Crippen LogP contribution is 2.59. The third kappa shape index (κ3) is 2.63. The number of rotatable bonds is 3. The number of carbonyl (C=O) groups is 1. The van der Waals surface area contributed by atoms with Crippen LogP contribution in [0.3, 0.4) is 0 Å². The molecule has 3 rings (SSSR count). The van der Waals surface area contributed by atoms with Crippen LogP contribution in [0.2, 0.25) is 0 Å². The van der Waals surface area contributed by atoms with Crippen LogP contribution in [-0.4, -0.2) is 21.5 Å². The van der Waals surface area contributed by atoms with Crippen molar-refractivity contribution in [2.45, 2.75) is 53.1 Å². The highest BCUT2D eigenvalue weighted by Gasteiger charge is 2.60. The van der Waals surface area contributed by atoms with Gasteiger partial charge in [0.25, 0.3) is 0 Å². The lowest BCUT2D eigenvalue weighted by atomic mass is 10.1. The van der Waals surface area contributed by atoms with E-state index in [0.717, 1.165) is 25.2 Å². The molecule has 4 heteroatoms. The van der Waals surface area contributed by atoms with Gasteiger partial charge in [0, 0.05) is 31.4 Å². The SMILES string of the molecule is CC(C)=C[C@@H]1[C@@H](C(=O)N[C@H]2CCc3nccn3C2)C1(C)C. The Morgan fingerprint density at radius 2 is 2.24 bits per heavy atom. The number of nitrogens with zero attached hydrogens (tertiary/aromatic N) is 2. The largest absolute Gasteiger partial charge is 0.351 e. The zero-order valence-electron chi connectivity index (χ0n) is 13.4. The lowest BCUT2D eigenvalue weighted by molar-refractivity contribution is -0.124. The molecule has 0 bridgehead atoms. The van der Waals surface area contributed by atoms with Gasteiger partial charge in [0.1, 0.15) is 5.82 Å². The van der Waals surface area contributed by atoms with Gasteiger partial charge in [-0.15, -0.1) is 0 Å². The molecule has 4 nitrogen and oxygen atoms in total. The maximum atomic E-state index is 12.6. The van der Waals surface area contributed by atoms with Crippen LogP contribution < -0.4 is 5.32 Å². The lowest BCUT2D eigenvalue weighted by Crippen LogP contribution is -2.42. The maximum absolute atomic E-state index is 12.6. The van der Waals surface area contributed by atoms with Gasteiger partial charge in [0.05, 0.1) is 5.92 Å². The topological polar surface area (TPSA) is 46.9 Å². The van der Waals surface area contributed by atoms with Gasteiger partial charge in [0.2, 0.25) is 5.91 Å². The number of hydrogen-bond donors (Lipinski definition) is 1. The molecule has 1 fully saturated rings. The molecular weight excluding hydrogens is 262 g/mol. The summed E-state index contributed by atoms with van der Waals surface area (Å²) < 4.78 is 2.15. The van der Waals surface area contributed by atoms with Crippen LogP contribution in [-0.2, 0) is 17.8 Å². The van der Waals surface area contributed by atoms with Crippen molar-refractivity contribution in [3.05, 3.63) is 29.9 Å². The molecule has 1 aliphatic heterocycles. The summed E-state index contributed by atoms with van der Waals surface area (Å²) in [6.45, 7) is 9.43. The molecule has 0 unspecified atom stereocenters. The average Bonchev–Trinajstić information content (AvgIpc) is 2.74. The van der Waals surface area contributed by atoms with E-state index in [1.165, 1.54) is 5.57 Å². The molecule has 1 aliphatic carbocycles. The van der Waals surface area contributed by atoms with Crippen molar-refractivity contribution in [1.82, 2.24) is 14.9 Å². The summed E-state index contributed by atoms with van der Waals surface area (Å²) in [6.07, 6.45) is 8.03. The summed E-state index contributed by atoms with van der Waals surface area (Å²) in [7, 11) is 0. The second-order valence-electron chi connectivity index (χ2n) is 7.31. The molecule has 2 heterocycles. The minimum absolute atomic E-state index is 0.0934. The van der Waals surface area contributed by atoms with Gasteiger partial charge in [-0.2, -0.15) is 0 Å². The molecule has 0 saturated heterocycles. The molecule has 114 valence electrons. The van der Waals surface area contributed by atoms with Crippen LogP contribution in [0, 0.1) is 17.3 Å². The Bertz CT molecular complexity index is 581. The fraction of sp³-hybridized carbons (Fsp3) is 0.647. The van der Waals surface area contributed by atoms with Gasteiger partial charge in [0.15, 0.2) is 0 Å². The van der Waals surface area contributed by atoms with Crippen molar-refractivity contribution >= 4 is 5.91 Å². The van der Waals surface area contributed by atoms with Crippen molar-refractivity contribution in [2.24, 2.45) is 17.3 Å². The second-order valence-corrected chi connectivity index (χ2v) is 7.31. The summed E-state index contributed by atoms with van der Waals surface area (Å²) >= 11 is 0. The van der Waals surface area contributed by atoms with Crippen molar-refractivity contribution in [3.8, 4) is 0 Å². The molecular formula is C17H25N3O. The monoisotopic (exact) mass is 287 g/mol. The molecule has 21 heavy (non-hydrogen) atoms. The summed E-state index contributed by atoms with van der Waals surface area (Å²) in [5, 5.41) is 3.25. The zero-order chi connectivity index (χ0) is 15.2. The molecule has 0 radical (unpaired) electrons. The van der Waals surface area contributed by atoms with Crippen molar-refractivity contribution in [3.63, 3.8) is 0 Å². The summed E-state index contributed by atoms with van der Waals surface area (Å²) in [5.41, 5.74) is 1.39. The first kappa shape index (κ1) is 14.4. The Balaban J connectivity index is 1.62. The molecule has 1 aromatic heterocycles. The molecule has 0 aromatic carbocycles. The third-order valence-electron chi connectivity index (χ3n) is 4.99. The minimum atomic E-state index is 0.0934. The number of imidazole rings is 1. The van der Waals surface area contributed by atoms with E-state index < -0.39 is 0 Å². The van der Waals surface area contributed by atoms with E-state index in [0.29, 0.717) is 5.92 Å². The fourth-order valence-corrected chi connectivity index (χ4v) is 3.62. The van der Waals surface area contributed by atoms with Crippen LogP contribution in [0.25, 0.3) is 0 Å². The van der Waals surface area contributed by atoms with Crippen molar-refractivity contribution in [2.75, 3.05) is 0 Å². The van der Waals surface area contributed by atoms with E-state index >= 15 is 0 Å². The van der Waals surface area contributed by atoms with Gasteiger partial charge >= 0.3 is 0 Å². The molecule has 1 N–H and O–H groups in total. The van der Waals surface area contributed by atoms with Crippen LogP contribution in [0.5, 0.6) is 0 Å². The van der Waals surface area contributed by atoms with Gasteiger partial charge in [-0.05, 0) is 31.6 Å². The minimum Gasteiger partial charge on any atom is -0.351 e. The summed E-state index contributed by atoms with van der Waals surface area (Å²) in [4.78, 5) is 16.9.